The van der Waals surface area contributed by atoms with Gasteiger partial charge in [-0.2, -0.15) is 26.3 Å². The fraction of sp³-hybridized carbons (Fsp3) is 0.270. The minimum absolute atomic E-state index is 0. The van der Waals surface area contributed by atoms with Crippen LogP contribution in [0.1, 0.15) is 35.1 Å². The van der Waals surface area contributed by atoms with Crippen molar-refractivity contribution in [2.24, 2.45) is 0 Å². The molecule has 0 heterocycles. The molecule has 56 heavy (non-hydrogen) atoms. The van der Waals surface area contributed by atoms with Crippen molar-refractivity contribution in [2.75, 3.05) is 11.5 Å². The fourth-order valence-electron chi connectivity index (χ4n) is 4.23. The van der Waals surface area contributed by atoms with Crippen LogP contribution in [-0.4, -0.2) is 52.0 Å². The number of halogens is 6. The molecule has 0 unspecified atom stereocenters. The topological polar surface area (TPSA) is 156 Å². The first kappa shape index (κ1) is 55.1. The number of ether oxygens (including phenoxy) is 2. The molecule has 0 amide bonds. The van der Waals surface area contributed by atoms with Crippen molar-refractivity contribution in [3.8, 4) is 11.5 Å². The SMILES string of the molecule is Cc1ccccc1SCC[C@H](Oc1ccc(C(F)(F)F)cc1)C(=O)O.Cc1ccccc1SCC[C@H](Oc1ccc(C(F)(F)F)cc1)C(=O)O.O=C([O-])[O-].[Cs+].[Cs+]. The van der Waals surface area contributed by atoms with Gasteiger partial charge in [-0.1, -0.05) is 36.4 Å². The molecule has 4 aromatic carbocycles. The minimum Gasteiger partial charge on any atom is -0.652 e. The van der Waals surface area contributed by atoms with Gasteiger partial charge in [0.25, 0.3) is 0 Å². The Kier molecular flexibility index (Phi) is 27.3. The van der Waals surface area contributed by atoms with Gasteiger partial charge in [0.05, 0.1) is 11.1 Å². The average Bonchev–Trinajstić information content (AvgIpc) is 3.08. The monoisotopic (exact) mass is 1070 g/mol. The normalized spacial score (nSPS) is 11.7. The third-order valence-electron chi connectivity index (χ3n) is 6.93. The van der Waals surface area contributed by atoms with Gasteiger partial charge in [0, 0.05) is 34.1 Å². The van der Waals surface area contributed by atoms with Crippen LogP contribution in [0.4, 0.5) is 31.1 Å². The molecule has 4 rings (SSSR count). The number of carboxylic acid groups (broad SMARTS) is 4. The Hall–Kier alpha value is -0.926. The fourth-order valence-corrected chi connectivity index (χ4v) is 6.27. The van der Waals surface area contributed by atoms with Gasteiger partial charge in [0.1, 0.15) is 11.5 Å². The zero-order valence-electron chi connectivity index (χ0n) is 30.6. The summed E-state index contributed by atoms with van der Waals surface area (Å²) in [6.45, 7) is 3.94. The molecule has 0 aliphatic rings. The third-order valence-corrected chi connectivity index (χ3v) is 9.35. The van der Waals surface area contributed by atoms with Crippen molar-refractivity contribution in [3.05, 3.63) is 119 Å². The number of alkyl halides is 6. The number of aryl methyl sites for hydroxylation is 2. The summed E-state index contributed by atoms with van der Waals surface area (Å²) in [5, 5.41) is 35.2. The van der Waals surface area contributed by atoms with Crippen molar-refractivity contribution in [3.63, 3.8) is 0 Å². The molecule has 4 aromatic rings. The van der Waals surface area contributed by atoms with Gasteiger partial charge in [-0.25, -0.2) is 9.59 Å². The van der Waals surface area contributed by atoms with E-state index in [2.05, 4.69) is 0 Å². The quantitative estimate of drug-likeness (QED) is 0.140. The van der Waals surface area contributed by atoms with Crippen molar-refractivity contribution in [1.29, 1.82) is 0 Å². The second-order valence-electron chi connectivity index (χ2n) is 11.0. The summed E-state index contributed by atoms with van der Waals surface area (Å²) in [5.41, 5.74) is 0.592. The Morgan fingerprint density at radius 2 is 0.875 bits per heavy atom. The third kappa shape index (κ3) is 21.9. The summed E-state index contributed by atoms with van der Waals surface area (Å²) < 4.78 is 85.9. The number of carbonyl (C=O) groups excluding carboxylic acids is 1. The van der Waals surface area contributed by atoms with Gasteiger partial charge in [0.2, 0.25) is 0 Å². The number of thioether (sulfide) groups is 2. The van der Waals surface area contributed by atoms with Crippen molar-refractivity contribution in [1.82, 2.24) is 0 Å². The van der Waals surface area contributed by atoms with E-state index < -0.39 is 53.8 Å². The Morgan fingerprint density at radius 1 is 0.589 bits per heavy atom. The number of aliphatic carboxylic acids is 2. The summed E-state index contributed by atoms with van der Waals surface area (Å²) in [5.74, 6) is -1.07. The summed E-state index contributed by atoms with van der Waals surface area (Å²) in [6, 6.07) is 23.5. The first-order chi connectivity index (χ1) is 25.3. The largest absolute Gasteiger partial charge is 1.00 e. The van der Waals surface area contributed by atoms with Crippen molar-refractivity contribution >= 4 is 41.6 Å². The first-order valence-corrected chi connectivity index (χ1v) is 17.6. The molecule has 0 aliphatic heterocycles. The van der Waals surface area contributed by atoms with E-state index in [9.17, 15) is 46.1 Å². The predicted molar refractivity (Wildman–Crippen MR) is 185 cm³/mol. The number of carbonyl (C=O) groups is 3. The van der Waals surface area contributed by atoms with E-state index in [1.165, 1.54) is 23.5 Å². The van der Waals surface area contributed by atoms with E-state index in [1.807, 2.05) is 62.4 Å². The van der Waals surface area contributed by atoms with E-state index in [-0.39, 0.29) is 162 Å². The Morgan fingerprint density at radius 3 is 1.12 bits per heavy atom. The van der Waals surface area contributed by atoms with Gasteiger partial charge in [-0.3, -0.25) is 0 Å². The maximum absolute atomic E-state index is 12.5. The van der Waals surface area contributed by atoms with E-state index >= 15 is 0 Å². The van der Waals surface area contributed by atoms with Gasteiger partial charge in [-0.15, -0.1) is 23.5 Å². The van der Waals surface area contributed by atoms with Crippen molar-refractivity contribution in [2.45, 2.75) is 61.0 Å². The number of hydrogen-bond donors (Lipinski definition) is 2. The average molecular weight is 1070 g/mol. The molecule has 19 heteroatoms. The molecule has 0 saturated heterocycles. The standard InChI is InChI=1S/2C18H17F3O3S.CH2O3.2Cs/c2*1-12-4-2-3-5-16(12)25-11-10-15(17(22)23)24-14-8-6-13(7-9-14)18(19,20)21;2-1(3)4;;/h2*2-9,15H,10-11H2,1H3,(H,22,23);(H2,2,3,4);;/q;;;2*+1/p-2/t2*15-;;;/m00.../s1. The van der Waals surface area contributed by atoms with Gasteiger partial charge in [-0.05, 0) is 91.8 Å². The van der Waals surface area contributed by atoms with Crippen LogP contribution in [-0.2, 0) is 21.9 Å². The first-order valence-electron chi connectivity index (χ1n) is 15.7. The molecular weight excluding hydrogens is 1030 g/mol. The van der Waals surface area contributed by atoms with E-state index in [1.54, 1.807) is 0 Å². The molecule has 0 bridgehead atoms. The maximum Gasteiger partial charge on any atom is 1.00 e. The van der Waals surface area contributed by atoms with Gasteiger partial charge < -0.3 is 34.7 Å². The molecule has 2 atom stereocenters. The minimum atomic E-state index is -4.44. The molecule has 0 radical (unpaired) electrons. The predicted octanol–water partition coefficient (Wildman–Crippen LogP) is 1.62. The van der Waals surface area contributed by atoms with Crippen molar-refractivity contribution < 1.29 is 208 Å². The Labute approximate surface area is 445 Å². The summed E-state index contributed by atoms with van der Waals surface area (Å²) in [4.78, 5) is 33.1. The molecule has 0 fully saturated rings. The van der Waals surface area contributed by atoms with E-state index in [4.69, 9.17) is 24.5 Å². The van der Waals surface area contributed by atoms with Crippen LogP contribution in [0, 0.1) is 13.8 Å². The van der Waals surface area contributed by atoms with Crippen LogP contribution in [0.5, 0.6) is 11.5 Å². The number of benzene rings is 4. The van der Waals surface area contributed by atoms with Crippen LogP contribution in [0.15, 0.2) is 107 Å². The summed E-state index contributed by atoms with van der Waals surface area (Å²) >= 11 is 3.03. The Balaban J connectivity index is 0.000000954. The van der Waals surface area contributed by atoms with Crippen LogP contribution in [0.3, 0.4) is 0 Å². The molecule has 0 aromatic heterocycles. The summed E-state index contributed by atoms with van der Waals surface area (Å²) in [6.07, 6.45) is -13.0. The molecule has 2 N–H and O–H groups in total. The van der Waals surface area contributed by atoms with E-state index in [0.717, 1.165) is 69.4 Å². The van der Waals surface area contributed by atoms with Crippen LogP contribution in [0.2, 0.25) is 0 Å². The molecule has 292 valence electrons. The number of carboxylic acids is 2. The second kappa shape index (κ2) is 27.8. The Bertz CT molecular complexity index is 1670. The zero-order chi connectivity index (χ0) is 40.5. The number of rotatable bonds is 14. The summed E-state index contributed by atoms with van der Waals surface area (Å²) in [7, 11) is 0. The smallest absolute Gasteiger partial charge is 0.652 e. The zero-order valence-corrected chi connectivity index (χ0v) is 44.8. The number of hydrogen-bond acceptors (Lipinski definition) is 9. The van der Waals surface area contributed by atoms with Crippen LogP contribution in [0.25, 0.3) is 0 Å². The van der Waals surface area contributed by atoms with Crippen LogP contribution >= 0.6 is 23.5 Å². The molecule has 9 nitrogen and oxygen atoms in total. The molecular formula is C37H34Cs2F6O9S2. The van der Waals surface area contributed by atoms with Gasteiger partial charge in [0.15, 0.2) is 12.2 Å². The van der Waals surface area contributed by atoms with Gasteiger partial charge >= 0.3 is 162 Å². The second-order valence-corrected chi connectivity index (χ2v) is 13.3. The molecule has 0 spiro atoms. The molecule has 0 saturated carbocycles. The van der Waals surface area contributed by atoms with E-state index in [0.29, 0.717) is 11.5 Å². The molecule has 0 aliphatic carbocycles. The maximum atomic E-state index is 12.5. The van der Waals surface area contributed by atoms with Crippen LogP contribution < -0.4 is 157 Å².